The van der Waals surface area contributed by atoms with Crippen molar-refractivity contribution in [2.45, 2.75) is 148 Å². The molecule has 8 N–H and O–H groups in total. The fraction of sp³-hybridized carbons (Fsp3) is 0.574. The quantitative estimate of drug-likeness (QED) is 0.0850. The lowest BCUT2D eigenvalue weighted by Gasteiger charge is -2.37. The van der Waals surface area contributed by atoms with Crippen LogP contribution in [0, 0.1) is 23.7 Å². The van der Waals surface area contributed by atoms with Crippen molar-refractivity contribution < 1.29 is 43.7 Å². The second-order valence-corrected chi connectivity index (χ2v) is 18.3. The van der Waals surface area contributed by atoms with Crippen molar-refractivity contribution in [1.82, 2.24) is 35.8 Å². The fourth-order valence-corrected chi connectivity index (χ4v) is 7.94. The molecule has 1 aliphatic carbocycles. The Morgan fingerprint density at radius 3 is 2.08 bits per heavy atom. The van der Waals surface area contributed by atoms with Crippen molar-refractivity contribution in [1.29, 1.82) is 0 Å². The molecule has 17 heteroatoms. The third-order valence-electron chi connectivity index (χ3n) is 11.7. The zero-order chi connectivity index (χ0) is 47.1. The summed E-state index contributed by atoms with van der Waals surface area (Å²) in [6.07, 6.45) is 4.86. The van der Waals surface area contributed by atoms with Crippen LogP contribution in [0.15, 0.2) is 67.3 Å². The zero-order valence-electron chi connectivity index (χ0n) is 38.2. The van der Waals surface area contributed by atoms with E-state index in [-0.39, 0.29) is 30.9 Å². The Morgan fingerprint density at radius 1 is 0.859 bits per heavy atom. The number of nitrogens with zero attached hydrogens (tertiary/aromatic N) is 3. The molecule has 17 nitrogen and oxygen atoms in total. The molecule has 64 heavy (non-hydrogen) atoms. The Hall–Kier alpha value is -5.52. The first-order chi connectivity index (χ1) is 30.3. The molecule has 1 aromatic carbocycles. The summed E-state index contributed by atoms with van der Waals surface area (Å²) in [6.45, 7) is 11.8. The Labute approximate surface area is 376 Å². The molecule has 6 amide bonds. The van der Waals surface area contributed by atoms with Crippen LogP contribution in [0.1, 0.15) is 115 Å². The monoisotopic (exact) mass is 889 g/mol. The maximum Gasteiger partial charge on any atom is 0.408 e. The summed E-state index contributed by atoms with van der Waals surface area (Å²) < 4.78 is 5.46. The van der Waals surface area contributed by atoms with E-state index in [1.165, 1.54) is 30.9 Å². The lowest BCUT2D eigenvalue weighted by molar-refractivity contribution is -0.152. The first kappa shape index (κ1) is 51.1. The van der Waals surface area contributed by atoms with Crippen LogP contribution in [0.25, 0.3) is 0 Å². The number of ether oxygens (including phenoxy) is 1. The number of pyridine rings is 1. The predicted molar refractivity (Wildman–Crippen MR) is 239 cm³/mol. The number of carbonyl (C=O) groups excluding carboxylic acids is 6. The largest absolute Gasteiger partial charge is 0.444 e. The van der Waals surface area contributed by atoms with Crippen molar-refractivity contribution in [3.05, 3.63) is 84.2 Å². The van der Waals surface area contributed by atoms with Crippen LogP contribution in [0.4, 0.5) is 4.79 Å². The summed E-state index contributed by atoms with van der Waals surface area (Å²) in [4.78, 5) is 95.8. The molecule has 0 aliphatic heterocycles. The minimum absolute atomic E-state index is 0.0281. The number of aliphatic hydroxyl groups excluding tert-OH is 2. The van der Waals surface area contributed by atoms with Gasteiger partial charge in [-0.05, 0) is 62.6 Å². The fourth-order valence-electron chi connectivity index (χ4n) is 7.94. The summed E-state index contributed by atoms with van der Waals surface area (Å²) in [5, 5.41) is 32.7. The third kappa shape index (κ3) is 14.8. The van der Waals surface area contributed by atoms with Gasteiger partial charge in [-0.15, -0.1) is 0 Å². The number of carbonyl (C=O) groups is 6. The molecule has 350 valence electrons. The summed E-state index contributed by atoms with van der Waals surface area (Å²) in [6, 6.07) is 8.58. The van der Waals surface area contributed by atoms with E-state index in [9.17, 15) is 39.0 Å². The van der Waals surface area contributed by atoms with E-state index < -0.39 is 95.4 Å². The van der Waals surface area contributed by atoms with Crippen LogP contribution in [0.3, 0.4) is 0 Å². The number of rotatable bonds is 20. The number of nitrogens with one attached hydrogen (secondary N) is 4. The van der Waals surface area contributed by atoms with Gasteiger partial charge in [0.1, 0.15) is 29.5 Å². The van der Waals surface area contributed by atoms with E-state index in [1.807, 2.05) is 13.0 Å². The highest BCUT2D eigenvalue weighted by molar-refractivity contribution is 6.17. The van der Waals surface area contributed by atoms with E-state index in [0.29, 0.717) is 17.0 Å². The molecule has 0 radical (unpaired) electrons. The van der Waals surface area contributed by atoms with E-state index >= 15 is 0 Å². The van der Waals surface area contributed by atoms with Crippen molar-refractivity contribution in [2.24, 2.45) is 29.4 Å². The first-order valence-electron chi connectivity index (χ1n) is 22.4. The van der Waals surface area contributed by atoms with Crippen LogP contribution in [0.2, 0.25) is 0 Å². The highest BCUT2D eigenvalue weighted by Crippen LogP contribution is 2.31. The summed E-state index contributed by atoms with van der Waals surface area (Å²) in [7, 11) is 0. The Bertz CT molecular complexity index is 1970. The van der Waals surface area contributed by atoms with E-state index in [0.717, 1.165) is 37.7 Å². The Morgan fingerprint density at radius 2 is 1.50 bits per heavy atom. The topological polar surface area (TPSA) is 259 Å². The van der Waals surface area contributed by atoms with Crippen LogP contribution < -0.4 is 21.7 Å². The SMILES string of the molecule is CC[C@H](C)[C@H](N)C(=O)N(C(=O)c1ccccn1)C(=O)[C@H](C(C)C)[C@@H](O)[C@H](O)[C@H](CC1CCCCC1)NC(=O)[C@H](Cc1cnc[nH]1)NC(=O)[C@H](Cc1ccccc1)NC(=O)OC(C)(C)C. The van der Waals surface area contributed by atoms with Crippen LogP contribution in [-0.2, 0) is 36.8 Å². The smallest absolute Gasteiger partial charge is 0.408 e. The average Bonchev–Trinajstić information content (AvgIpc) is 3.78. The number of amides is 6. The molecule has 1 fully saturated rings. The van der Waals surface area contributed by atoms with Gasteiger partial charge in [0, 0.05) is 30.9 Å². The molecule has 2 aromatic heterocycles. The predicted octanol–water partition coefficient (Wildman–Crippen LogP) is 3.99. The molecule has 4 rings (SSSR count). The van der Waals surface area contributed by atoms with Gasteiger partial charge < -0.3 is 41.6 Å². The third-order valence-corrected chi connectivity index (χ3v) is 11.7. The van der Waals surface area contributed by atoms with Gasteiger partial charge in [-0.3, -0.25) is 29.0 Å². The Balaban J connectivity index is 1.69. The highest BCUT2D eigenvalue weighted by Gasteiger charge is 2.46. The second-order valence-electron chi connectivity index (χ2n) is 18.3. The van der Waals surface area contributed by atoms with E-state index in [1.54, 1.807) is 71.9 Å². The van der Waals surface area contributed by atoms with Gasteiger partial charge in [-0.1, -0.05) is 103 Å². The zero-order valence-corrected chi connectivity index (χ0v) is 38.2. The molecular weight excluding hydrogens is 821 g/mol. The number of benzene rings is 1. The lowest BCUT2D eigenvalue weighted by atomic mass is 9.79. The average molecular weight is 889 g/mol. The molecule has 3 aromatic rings. The van der Waals surface area contributed by atoms with Crippen LogP contribution in [0.5, 0.6) is 0 Å². The van der Waals surface area contributed by atoms with Crippen LogP contribution >= 0.6 is 0 Å². The molecule has 0 unspecified atom stereocenters. The molecule has 8 atom stereocenters. The Kier molecular flexibility index (Phi) is 19.1. The van der Waals surface area contributed by atoms with Gasteiger partial charge >= 0.3 is 6.09 Å². The minimum atomic E-state index is -1.90. The van der Waals surface area contributed by atoms with Gasteiger partial charge in [0.05, 0.1) is 30.4 Å². The minimum Gasteiger partial charge on any atom is -0.444 e. The number of aliphatic hydroxyl groups is 2. The molecule has 0 bridgehead atoms. The second kappa shape index (κ2) is 24.0. The van der Waals surface area contributed by atoms with Gasteiger partial charge in [-0.2, -0.15) is 0 Å². The number of imidazole rings is 1. The van der Waals surface area contributed by atoms with Crippen molar-refractivity contribution in [3.8, 4) is 0 Å². The van der Waals surface area contributed by atoms with Gasteiger partial charge in [-0.25, -0.2) is 14.7 Å². The number of nitrogens with two attached hydrogens (primary N) is 1. The lowest BCUT2D eigenvalue weighted by Crippen LogP contribution is -2.61. The van der Waals surface area contributed by atoms with E-state index in [2.05, 4.69) is 30.9 Å². The van der Waals surface area contributed by atoms with Gasteiger partial charge in [0.15, 0.2) is 0 Å². The number of imide groups is 3. The summed E-state index contributed by atoms with van der Waals surface area (Å²) >= 11 is 0. The van der Waals surface area contributed by atoms with E-state index in [4.69, 9.17) is 10.5 Å². The molecule has 0 spiro atoms. The molecular formula is C47H68N8O9. The number of hydrogen-bond acceptors (Lipinski definition) is 12. The number of alkyl carbamates (subject to hydrolysis) is 1. The standard InChI is InChI=1S/C47H68N8O9/c1-8-29(4)38(48)45(62)55(43(60)33-21-15-16-22-50-33)44(61)37(28(2)3)40(57)39(56)34(23-30-17-11-9-12-18-30)52-42(59)36(25-32-26-49-27-51-32)53-41(58)35(24-31-19-13-10-14-20-31)54-46(63)64-47(5,6)7/h10,13-16,19-22,26-30,34-40,56-57H,8-9,11-12,17-18,23-25,48H2,1-7H3,(H,49,51)(H,52,59)(H,53,58)(H,54,63)/t29-,34-,35-,36-,37+,38-,39+,40+/m0/s1. The summed E-state index contributed by atoms with van der Waals surface area (Å²) in [5.41, 5.74) is 6.49. The van der Waals surface area contributed by atoms with Gasteiger partial charge in [0.25, 0.3) is 11.8 Å². The van der Waals surface area contributed by atoms with Crippen molar-refractivity contribution in [2.75, 3.05) is 0 Å². The van der Waals surface area contributed by atoms with Gasteiger partial charge in [0.2, 0.25) is 17.7 Å². The first-order valence-corrected chi connectivity index (χ1v) is 22.4. The van der Waals surface area contributed by atoms with Crippen LogP contribution in [-0.4, -0.2) is 108 Å². The number of hydrogen-bond donors (Lipinski definition) is 7. The maximum absolute atomic E-state index is 14.6. The molecule has 1 saturated carbocycles. The molecule has 2 heterocycles. The number of aromatic amines is 1. The summed E-state index contributed by atoms with van der Waals surface area (Å²) in [5.74, 6) is -7.14. The number of H-pyrrole nitrogens is 1. The normalized spacial score (nSPS) is 17.1. The molecule has 0 saturated heterocycles. The van der Waals surface area contributed by atoms with Crippen molar-refractivity contribution in [3.63, 3.8) is 0 Å². The number of aromatic nitrogens is 3. The highest BCUT2D eigenvalue weighted by atomic mass is 16.6. The maximum atomic E-state index is 14.6. The van der Waals surface area contributed by atoms with Crippen molar-refractivity contribution >= 4 is 35.6 Å². The molecule has 1 aliphatic rings.